The van der Waals surface area contributed by atoms with Crippen molar-refractivity contribution in [2.45, 2.75) is 0 Å². The maximum absolute atomic E-state index is 11.9. The van der Waals surface area contributed by atoms with Crippen molar-refractivity contribution in [2.24, 2.45) is 7.05 Å². The molecule has 120 valence electrons. The number of rotatable bonds is 6. The molecule has 1 aromatic carbocycles. The van der Waals surface area contributed by atoms with Crippen LogP contribution in [-0.4, -0.2) is 34.7 Å². The third-order valence-corrected chi connectivity index (χ3v) is 3.11. The van der Waals surface area contributed by atoms with Crippen molar-refractivity contribution in [3.63, 3.8) is 0 Å². The highest BCUT2D eigenvalue weighted by atomic mass is 16.5. The molecule has 1 amide bonds. The van der Waals surface area contributed by atoms with E-state index in [1.165, 1.54) is 35.0 Å². The Labute approximate surface area is 132 Å². The molecular formula is C16H16N2O5. The van der Waals surface area contributed by atoms with Crippen LogP contribution in [0.2, 0.25) is 0 Å². The third kappa shape index (κ3) is 4.44. The van der Waals surface area contributed by atoms with Crippen molar-refractivity contribution >= 4 is 11.9 Å². The number of aromatic nitrogens is 1. The fourth-order valence-electron chi connectivity index (χ4n) is 1.86. The Morgan fingerprint density at radius 3 is 2.39 bits per heavy atom. The Bertz CT molecular complexity index is 765. The van der Waals surface area contributed by atoms with Crippen LogP contribution in [0.1, 0.15) is 20.7 Å². The Balaban J connectivity index is 1.80. The van der Waals surface area contributed by atoms with Gasteiger partial charge in [0, 0.05) is 19.3 Å². The summed E-state index contributed by atoms with van der Waals surface area (Å²) < 4.78 is 6.74. The first-order valence-corrected chi connectivity index (χ1v) is 6.88. The Hall–Kier alpha value is -3.09. The number of pyridine rings is 1. The fourth-order valence-corrected chi connectivity index (χ4v) is 1.86. The zero-order chi connectivity index (χ0) is 16.8. The monoisotopic (exact) mass is 316 g/mol. The number of carbonyl (C=O) groups excluding carboxylic acids is 1. The van der Waals surface area contributed by atoms with Crippen LogP contribution in [0.4, 0.5) is 0 Å². The molecule has 23 heavy (non-hydrogen) atoms. The number of ether oxygens (including phenoxy) is 1. The summed E-state index contributed by atoms with van der Waals surface area (Å²) >= 11 is 0. The zero-order valence-corrected chi connectivity index (χ0v) is 12.5. The molecule has 0 saturated heterocycles. The van der Waals surface area contributed by atoms with Crippen molar-refractivity contribution in [3.8, 4) is 5.75 Å². The lowest BCUT2D eigenvalue weighted by Gasteiger charge is -2.08. The molecule has 7 nitrogen and oxygen atoms in total. The summed E-state index contributed by atoms with van der Waals surface area (Å²) in [7, 11) is 1.57. The number of carbonyl (C=O) groups is 2. The number of carboxylic acid groups (broad SMARTS) is 1. The molecular weight excluding hydrogens is 300 g/mol. The van der Waals surface area contributed by atoms with Gasteiger partial charge in [-0.2, -0.15) is 0 Å². The minimum absolute atomic E-state index is 0.181. The number of hydrogen-bond donors (Lipinski definition) is 2. The van der Waals surface area contributed by atoms with Crippen molar-refractivity contribution in [1.82, 2.24) is 9.88 Å². The highest BCUT2D eigenvalue weighted by molar-refractivity contribution is 5.93. The molecule has 2 N–H and O–H groups in total. The lowest BCUT2D eigenvalue weighted by atomic mass is 10.2. The number of aryl methyl sites for hydroxylation is 1. The van der Waals surface area contributed by atoms with Crippen LogP contribution >= 0.6 is 0 Å². The summed E-state index contributed by atoms with van der Waals surface area (Å²) in [6, 6.07) is 8.79. The molecule has 0 spiro atoms. The summed E-state index contributed by atoms with van der Waals surface area (Å²) in [5, 5.41) is 11.5. The Kier molecular flexibility index (Phi) is 5.14. The van der Waals surface area contributed by atoms with E-state index in [0.717, 1.165) is 0 Å². The average Bonchev–Trinajstić information content (AvgIpc) is 2.54. The quantitative estimate of drug-likeness (QED) is 0.771. The minimum atomic E-state index is -0.999. The van der Waals surface area contributed by atoms with Gasteiger partial charge in [0.15, 0.2) is 0 Å². The number of nitrogens with one attached hydrogen (secondary N) is 1. The smallest absolute Gasteiger partial charge is 0.335 e. The summed E-state index contributed by atoms with van der Waals surface area (Å²) in [6.45, 7) is 0.520. The van der Waals surface area contributed by atoms with Crippen LogP contribution in [0.3, 0.4) is 0 Å². The molecule has 0 saturated carbocycles. The van der Waals surface area contributed by atoms with Crippen LogP contribution in [0.15, 0.2) is 47.4 Å². The van der Waals surface area contributed by atoms with Crippen molar-refractivity contribution in [2.75, 3.05) is 13.2 Å². The average molecular weight is 316 g/mol. The number of carboxylic acids is 1. The fraction of sp³-hybridized carbons (Fsp3) is 0.188. The normalized spacial score (nSPS) is 10.1. The molecule has 0 fully saturated rings. The first-order chi connectivity index (χ1) is 11.0. The molecule has 0 aliphatic heterocycles. The van der Waals surface area contributed by atoms with E-state index < -0.39 is 5.97 Å². The molecule has 0 bridgehead atoms. The first kappa shape index (κ1) is 16.3. The van der Waals surface area contributed by atoms with Crippen LogP contribution in [0.25, 0.3) is 0 Å². The first-order valence-electron chi connectivity index (χ1n) is 6.88. The Morgan fingerprint density at radius 1 is 1.13 bits per heavy atom. The van der Waals surface area contributed by atoms with Gasteiger partial charge in [0.1, 0.15) is 12.4 Å². The van der Waals surface area contributed by atoms with E-state index in [9.17, 15) is 14.4 Å². The van der Waals surface area contributed by atoms with Gasteiger partial charge in [0.05, 0.1) is 17.7 Å². The molecule has 1 heterocycles. The second-order valence-electron chi connectivity index (χ2n) is 4.80. The van der Waals surface area contributed by atoms with Crippen molar-refractivity contribution in [3.05, 3.63) is 64.1 Å². The van der Waals surface area contributed by atoms with Crippen LogP contribution in [-0.2, 0) is 7.05 Å². The SMILES string of the molecule is Cn1cc(C(=O)NCCOc2ccc(C(=O)O)cc2)ccc1=O. The molecule has 0 aliphatic carbocycles. The zero-order valence-electron chi connectivity index (χ0n) is 12.5. The maximum Gasteiger partial charge on any atom is 0.335 e. The van der Waals surface area contributed by atoms with E-state index in [0.29, 0.717) is 11.3 Å². The van der Waals surface area contributed by atoms with Crippen LogP contribution in [0, 0.1) is 0 Å². The number of amides is 1. The number of hydrogen-bond acceptors (Lipinski definition) is 4. The molecule has 0 atom stereocenters. The highest BCUT2D eigenvalue weighted by Crippen LogP contribution is 2.11. The van der Waals surface area contributed by atoms with Gasteiger partial charge in [0.2, 0.25) is 5.56 Å². The van der Waals surface area contributed by atoms with Gasteiger partial charge in [-0.05, 0) is 30.3 Å². The minimum Gasteiger partial charge on any atom is -0.492 e. The van der Waals surface area contributed by atoms with E-state index in [-0.39, 0.29) is 30.2 Å². The van der Waals surface area contributed by atoms with Gasteiger partial charge >= 0.3 is 5.97 Å². The molecule has 0 aliphatic rings. The second kappa shape index (κ2) is 7.26. The highest BCUT2D eigenvalue weighted by Gasteiger charge is 2.06. The van der Waals surface area contributed by atoms with Gasteiger partial charge in [0.25, 0.3) is 5.91 Å². The molecule has 0 unspecified atom stereocenters. The van der Waals surface area contributed by atoms with E-state index in [1.54, 1.807) is 19.2 Å². The van der Waals surface area contributed by atoms with Gasteiger partial charge in [-0.25, -0.2) is 4.79 Å². The third-order valence-electron chi connectivity index (χ3n) is 3.11. The largest absolute Gasteiger partial charge is 0.492 e. The maximum atomic E-state index is 11.9. The van der Waals surface area contributed by atoms with E-state index in [2.05, 4.69) is 5.32 Å². The summed E-state index contributed by atoms with van der Waals surface area (Å²) in [5.41, 5.74) is 0.382. The van der Waals surface area contributed by atoms with Crippen LogP contribution in [0.5, 0.6) is 5.75 Å². The standard InChI is InChI=1S/C16H16N2O5/c1-18-10-12(4-7-14(18)19)15(20)17-8-9-23-13-5-2-11(3-6-13)16(21)22/h2-7,10H,8-9H2,1H3,(H,17,20)(H,21,22). The lowest BCUT2D eigenvalue weighted by molar-refractivity contribution is 0.0696. The number of aromatic carboxylic acids is 1. The van der Waals surface area contributed by atoms with E-state index in [1.807, 2.05) is 0 Å². The molecule has 1 aromatic heterocycles. The number of benzene rings is 1. The van der Waals surface area contributed by atoms with Gasteiger partial charge in [-0.3, -0.25) is 9.59 Å². The van der Waals surface area contributed by atoms with Crippen molar-refractivity contribution < 1.29 is 19.4 Å². The molecule has 7 heteroatoms. The van der Waals surface area contributed by atoms with Gasteiger partial charge in [-0.15, -0.1) is 0 Å². The number of nitrogens with zero attached hydrogens (tertiary/aromatic N) is 1. The van der Waals surface area contributed by atoms with Crippen molar-refractivity contribution in [1.29, 1.82) is 0 Å². The van der Waals surface area contributed by atoms with Crippen LogP contribution < -0.4 is 15.6 Å². The van der Waals surface area contributed by atoms with E-state index in [4.69, 9.17) is 9.84 Å². The Morgan fingerprint density at radius 2 is 1.78 bits per heavy atom. The summed E-state index contributed by atoms with van der Waals surface area (Å²) in [5.74, 6) is -0.780. The predicted molar refractivity (Wildman–Crippen MR) is 82.9 cm³/mol. The lowest BCUT2D eigenvalue weighted by Crippen LogP contribution is -2.29. The van der Waals surface area contributed by atoms with Gasteiger partial charge in [-0.1, -0.05) is 0 Å². The topological polar surface area (TPSA) is 97.6 Å². The molecule has 0 radical (unpaired) electrons. The van der Waals surface area contributed by atoms with Gasteiger partial charge < -0.3 is 19.7 Å². The van der Waals surface area contributed by atoms with E-state index >= 15 is 0 Å². The molecule has 2 aromatic rings. The summed E-state index contributed by atoms with van der Waals surface area (Å²) in [4.78, 5) is 33.9. The predicted octanol–water partition coefficient (Wildman–Crippen LogP) is 0.892. The second-order valence-corrected chi connectivity index (χ2v) is 4.80. The molecule has 2 rings (SSSR count). The summed E-state index contributed by atoms with van der Waals surface area (Å²) in [6.07, 6.45) is 1.46.